The van der Waals surface area contributed by atoms with Gasteiger partial charge in [-0.2, -0.15) is 18.3 Å². The van der Waals surface area contributed by atoms with Crippen LogP contribution in [0.4, 0.5) is 13.2 Å². The number of ether oxygens (including phenoxy) is 1. The number of hydrogen-bond donors (Lipinski definition) is 2. The fraction of sp³-hybridized carbons (Fsp3) is 0.467. The van der Waals surface area contributed by atoms with Crippen molar-refractivity contribution in [1.82, 2.24) is 25.1 Å². The van der Waals surface area contributed by atoms with Crippen LogP contribution in [0.3, 0.4) is 0 Å². The van der Waals surface area contributed by atoms with E-state index in [4.69, 9.17) is 12.2 Å². The first-order chi connectivity index (χ1) is 12.2. The topological polar surface area (TPSA) is 84.8 Å². The Bertz CT molecular complexity index is 799. The Balaban J connectivity index is 1.87. The van der Waals surface area contributed by atoms with E-state index >= 15 is 0 Å². The van der Waals surface area contributed by atoms with Crippen LogP contribution in [0, 0.1) is 4.77 Å². The molecule has 0 saturated carbocycles. The minimum atomic E-state index is -4.44. The molecule has 2 aromatic rings. The molecule has 0 aliphatic rings. The maximum absolute atomic E-state index is 12.1. The first kappa shape index (κ1) is 19.9. The quantitative estimate of drug-likeness (QED) is 0.712. The predicted octanol–water partition coefficient (Wildman–Crippen LogP) is 2.83. The van der Waals surface area contributed by atoms with Crippen molar-refractivity contribution in [2.75, 3.05) is 13.2 Å². The van der Waals surface area contributed by atoms with Crippen molar-refractivity contribution in [2.45, 2.75) is 32.5 Å². The normalized spacial score (nSPS) is 11.6. The molecule has 0 aliphatic heterocycles. The molecule has 0 fully saturated rings. The smallest absolute Gasteiger partial charge is 0.422 e. The molecular formula is C15H18F3N5O2S. The van der Waals surface area contributed by atoms with Crippen molar-refractivity contribution in [1.29, 1.82) is 0 Å². The molecule has 2 N–H and O–H groups in total. The Hall–Kier alpha value is -2.43. The number of hydrogen-bond acceptors (Lipinski definition) is 5. The molecule has 0 radical (unpaired) electrons. The van der Waals surface area contributed by atoms with Crippen LogP contribution in [0.25, 0.3) is 0 Å². The highest BCUT2D eigenvalue weighted by molar-refractivity contribution is 7.71. The van der Waals surface area contributed by atoms with E-state index in [2.05, 4.69) is 25.2 Å². The molecule has 0 atom stereocenters. The lowest BCUT2D eigenvalue weighted by Crippen LogP contribution is -2.27. The average molecular weight is 389 g/mol. The molecule has 2 rings (SSSR count). The SMILES string of the molecule is CC(C)n1c(CCNC(=O)c2ccc(OCC(F)(F)F)nc2)n[nH]c1=S. The van der Waals surface area contributed by atoms with E-state index in [1.807, 2.05) is 18.4 Å². The van der Waals surface area contributed by atoms with E-state index in [0.717, 1.165) is 12.0 Å². The molecule has 0 aromatic carbocycles. The second-order valence-electron chi connectivity index (χ2n) is 5.70. The number of aromatic nitrogens is 4. The highest BCUT2D eigenvalue weighted by atomic mass is 32.1. The highest BCUT2D eigenvalue weighted by Crippen LogP contribution is 2.17. The zero-order valence-electron chi connectivity index (χ0n) is 14.1. The van der Waals surface area contributed by atoms with Crippen molar-refractivity contribution >= 4 is 18.1 Å². The molecule has 7 nitrogen and oxygen atoms in total. The Morgan fingerprint density at radius 3 is 2.73 bits per heavy atom. The number of amides is 1. The van der Waals surface area contributed by atoms with Gasteiger partial charge in [-0.25, -0.2) is 4.98 Å². The number of carbonyl (C=O) groups is 1. The third-order valence-corrected chi connectivity index (χ3v) is 3.60. The molecule has 26 heavy (non-hydrogen) atoms. The van der Waals surface area contributed by atoms with Crippen LogP contribution in [0.2, 0.25) is 0 Å². The number of pyridine rings is 1. The molecule has 0 spiro atoms. The van der Waals surface area contributed by atoms with Gasteiger partial charge in [-0.05, 0) is 32.1 Å². The van der Waals surface area contributed by atoms with Gasteiger partial charge < -0.3 is 14.6 Å². The Morgan fingerprint density at radius 2 is 2.15 bits per heavy atom. The lowest BCUT2D eigenvalue weighted by molar-refractivity contribution is -0.154. The van der Waals surface area contributed by atoms with Crippen LogP contribution in [0.5, 0.6) is 5.88 Å². The summed E-state index contributed by atoms with van der Waals surface area (Å²) in [4.78, 5) is 15.8. The molecule has 2 heterocycles. The second kappa shape index (κ2) is 8.30. The predicted molar refractivity (Wildman–Crippen MR) is 89.6 cm³/mol. The van der Waals surface area contributed by atoms with E-state index in [-0.39, 0.29) is 17.5 Å². The van der Waals surface area contributed by atoms with Crippen LogP contribution in [-0.2, 0) is 6.42 Å². The van der Waals surface area contributed by atoms with Gasteiger partial charge in [-0.3, -0.25) is 9.89 Å². The summed E-state index contributed by atoms with van der Waals surface area (Å²) in [7, 11) is 0. The number of halogens is 3. The summed E-state index contributed by atoms with van der Waals surface area (Å²) in [6.45, 7) is 2.83. The molecule has 0 aliphatic carbocycles. The third-order valence-electron chi connectivity index (χ3n) is 3.31. The van der Waals surface area contributed by atoms with E-state index in [9.17, 15) is 18.0 Å². The van der Waals surface area contributed by atoms with Gasteiger partial charge in [0.15, 0.2) is 11.4 Å². The number of alkyl halides is 3. The maximum atomic E-state index is 12.1. The summed E-state index contributed by atoms with van der Waals surface area (Å²) in [6, 6.07) is 2.70. The van der Waals surface area contributed by atoms with Crippen molar-refractivity contribution < 1.29 is 22.7 Å². The standard InChI is InChI=1S/C15H18F3N5O2S/c1-9(2)23-11(21-22-14(23)26)5-6-19-13(24)10-3-4-12(20-7-10)25-8-15(16,17)18/h3-4,7,9H,5-6,8H2,1-2H3,(H,19,24)(H,22,26). The van der Waals surface area contributed by atoms with Crippen molar-refractivity contribution in [3.8, 4) is 5.88 Å². The summed E-state index contributed by atoms with van der Waals surface area (Å²) in [5.74, 6) is 0.121. The monoisotopic (exact) mass is 389 g/mol. The van der Waals surface area contributed by atoms with Crippen LogP contribution < -0.4 is 10.1 Å². The summed E-state index contributed by atoms with van der Waals surface area (Å²) in [5.41, 5.74) is 0.215. The van der Waals surface area contributed by atoms with Gasteiger partial charge in [0, 0.05) is 31.3 Å². The Morgan fingerprint density at radius 1 is 1.42 bits per heavy atom. The molecule has 0 saturated heterocycles. The van der Waals surface area contributed by atoms with Crippen molar-refractivity contribution in [3.05, 3.63) is 34.5 Å². The van der Waals surface area contributed by atoms with Crippen LogP contribution in [-0.4, -0.2) is 45.0 Å². The lowest BCUT2D eigenvalue weighted by Gasteiger charge is -2.11. The number of nitrogens with one attached hydrogen (secondary N) is 2. The Kier molecular flexibility index (Phi) is 6.35. The Labute approximate surface area is 152 Å². The minimum Gasteiger partial charge on any atom is -0.468 e. The zero-order valence-corrected chi connectivity index (χ0v) is 14.9. The van der Waals surface area contributed by atoms with E-state index in [0.29, 0.717) is 17.7 Å². The molecule has 0 bridgehead atoms. The number of nitrogens with zero attached hydrogens (tertiary/aromatic N) is 3. The first-order valence-electron chi connectivity index (χ1n) is 7.77. The summed E-state index contributed by atoms with van der Waals surface area (Å²) < 4.78 is 43.1. The summed E-state index contributed by atoms with van der Waals surface area (Å²) in [5, 5.41) is 9.55. The number of H-pyrrole nitrogens is 1. The molecule has 142 valence electrons. The van der Waals surface area contributed by atoms with Crippen molar-refractivity contribution in [2.24, 2.45) is 0 Å². The summed E-state index contributed by atoms with van der Waals surface area (Å²) >= 11 is 5.15. The van der Waals surface area contributed by atoms with Gasteiger partial charge >= 0.3 is 6.18 Å². The van der Waals surface area contributed by atoms with Crippen LogP contribution in [0.15, 0.2) is 18.3 Å². The van der Waals surface area contributed by atoms with Crippen molar-refractivity contribution in [3.63, 3.8) is 0 Å². The first-order valence-corrected chi connectivity index (χ1v) is 8.18. The number of carbonyl (C=O) groups excluding carboxylic acids is 1. The molecular weight excluding hydrogens is 371 g/mol. The summed E-state index contributed by atoms with van der Waals surface area (Å²) in [6.07, 6.45) is -2.82. The van der Waals surface area contributed by atoms with Crippen LogP contribution in [0.1, 0.15) is 36.1 Å². The molecule has 2 aromatic heterocycles. The van der Waals surface area contributed by atoms with Gasteiger partial charge in [0.25, 0.3) is 5.91 Å². The maximum Gasteiger partial charge on any atom is 0.422 e. The van der Waals surface area contributed by atoms with E-state index in [1.165, 1.54) is 12.1 Å². The molecule has 11 heteroatoms. The average Bonchev–Trinajstić information content (AvgIpc) is 2.93. The fourth-order valence-corrected chi connectivity index (χ4v) is 2.55. The lowest BCUT2D eigenvalue weighted by atomic mass is 10.2. The van der Waals surface area contributed by atoms with Gasteiger partial charge in [-0.15, -0.1) is 0 Å². The van der Waals surface area contributed by atoms with Gasteiger partial charge in [0.1, 0.15) is 5.82 Å². The van der Waals surface area contributed by atoms with Gasteiger partial charge in [-0.1, -0.05) is 0 Å². The fourth-order valence-electron chi connectivity index (χ4n) is 2.19. The number of rotatable bonds is 7. The van der Waals surface area contributed by atoms with E-state index < -0.39 is 18.7 Å². The minimum absolute atomic E-state index is 0.139. The van der Waals surface area contributed by atoms with Crippen LogP contribution >= 0.6 is 12.2 Å². The molecule has 1 amide bonds. The van der Waals surface area contributed by atoms with E-state index in [1.54, 1.807) is 0 Å². The number of aromatic amines is 1. The molecule has 0 unspecified atom stereocenters. The second-order valence-corrected chi connectivity index (χ2v) is 6.09. The largest absolute Gasteiger partial charge is 0.468 e. The zero-order chi connectivity index (χ0) is 19.3. The van der Waals surface area contributed by atoms with Gasteiger partial charge in [0.05, 0.1) is 5.56 Å². The third kappa shape index (κ3) is 5.55. The van der Waals surface area contributed by atoms with Gasteiger partial charge in [0.2, 0.25) is 5.88 Å². The highest BCUT2D eigenvalue weighted by Gasteiger charge is 2.28.